The molecule has 0 saturated carbocycles. The van der Waals surface area contributed by atoms with Gasteiger partial charge in [-0.3, -0.25) is 0 Å². The molecule has 0 bridgehead atoms. The normalized spacial score (nSPS) is 11.6. The summed E-state index contributed by atoms with van der Waals surface area (Å²) in [5, 5.41) is 4.65. The lowest BCUT2D eigenvalue weighted by Gasteiger charge is -2.09. The minimum absolute atomic E-state index is 0.567. The van der Waals surface area contributed by atoms with Gasteiger partial charge in [0.1, 0.15) is 5.82 Å². The molecule has 138 valence electrons. The van der Waals surface area contributed by atoms with E-state index in [1.807, 2.05) is 35.7 Å². The minimum Gasteiger partial charge on any atom is -0.334 e. The van der Waals surface area contributed by atoms with Gasteiger partial charge in [-0.2, -0.15) is 5.10 Å². The zero-order valence-electron chi connectivity index (χ0n) is 16.1. The lowest BCUT2D eigenvalue weighted by atomic mass is 10.2. The molecule has 5 nitrogen and oxygen atoms in total. The molecule has 0 N–H and O–H groups in total. The molecule has 3 heterocycles. The first-order chi connectivity index (χ1) is 13.1. The number of nitrogens with zero attached hydrogens (tertiary/aromatic N) is 5. The summed E-state index contributed by atoms with van der Waals surface area (Å²) >= 11 is 0. The Kier molecular flexibility index (Phi) is 4.75. The minimum atomic E-state index is 0.567. The van der Waals surface area contributed by atoms with Crippen LogP contribution in [0.5, 0.6) is 0 Å². The maximum atomic E-state index is 4.92. The highest BCUT2D eigenvalue weighted by Gasteiger charge is 2.13. The summed E-state index contributed by atoms with van der Waals surface area (Å²) in [6, 6.07) is 16.4. The molecule has 0 saturated heterocycles. The van der Waals surface area contributed by atoms with Gasteiger partial charge in [0.25, 0.3) is 0 Å². The summed E-state index contributed by atoms with van der Waals surface area (Å²) in [6.07, 6.45) is 3.78. The molecule has 0 aliphatic rings. The van der Waals surface area contributed by atoms with Crippen LogP contribution in [0.25, 0.3) is 16.9 Å². The summed E-state index contributed by atoms with van der Waals surface area (Å²) in [5.41, 5.74) is 4.19. The average Bonchev–Trinajstić information content (AvgIpc) is 3.25. The van der Waals surface area contributed by atoms with E-state index in [2.05, 4.69) is 59.0 Å². The number of benzene rings is 1. The van der Waals surface area contributed by atoms with Gasteiger partial charge in [-0.1, -0.05) is 50.2 Å². The zero-order valence-corrected chi connectivity index (χ0v) is 16.1. The number of hydrogen-bond acceptors (Lipinski definition) is 3. The lowest BCUT2D eigenvalue weighted by molar-refractivity contribution is 0.505. The molecule has 0 aliphatic carbocycles. The lowest BCUT2D eigenvalue weighted by Crippen LogP contribution is -2.09. The molecule has 0 aliphatic heterocycles. The molecule has 0 spiro atoms. The monoisotopic (exact) mass is 359 g/mol. The van der Waals surface area contributed by atoms with Gasteiger partial charge in [0, 0.05) is 36.8 Å². The Morgan fingerprint density at radius 3 is 2.48 bits per heavy atom. The van der Waals surface area contributed by atoms with Crippen molar-refractivity contribution in [1.29, 1.82) is 0 Å². The third-order valence-corrected chi connectivity index (χ3v) is 4.66. The van der Waals surface area contributed by atoms with Crippen molar-refractivity contribution in [2.24, 2.45) is 5.92 Å². The van der Waals surface area contributed by atoms with E-state index < -0.39 is 0 Å². The first-order valence-corrected chi connectivity index (χ1v) is 9.53. The van der Waals surface area contributed by atoms with Gasteiger partial charge in [0.05, 0.1) is 5.69 Å². The predicted octanol–water partition coefficient (Wildman–Crippen LogP) is 4.34. The van der Waals surface area contributed by atoms with E-state index in [9.17, 15) is 0 Å². The van der Waals surface area contributed by atoms with Gasteiger partial charge in [0.2, 0.25) is 0 Å². The fourth-order valence-corrected chi connectivity index (χ4v) is 3.36. The van der Waals surface area contributed by atoms with Crippen LogP contribution >= 0.6 is 0 Å². The molecule has 4 aromatic rings. The smallest absolute Gasteiger partial charge is 0.155 e. The van der Waals surface area contributed by atoms with Crippen LogP contribution in [0, 0.1) is 12.8 Å². The van der Waals surface area contributed by atoms with Crippen LogP contribution in [0.3, 0.4) is 0 Å². The standard InChI is InChI=1S/C22H25N5/c1-16(2)14-26-15-19(18-9-5-4-6-10-18)23-21(26)13-12-20-24-22-11-7-8-17(3)27(22)25-20/h4-11,15-16H,12-14H2,1-3H3. The fraction of sp³-hybridized carbons (Fsp3) is 0.318. The van der Waals surface area contributed by atoms with Gasteiger partial charge >= 0.3 is 0 Å². The van der Waals surface area contributed by atoms with Crippen molar-refractivity contribution in [3.05, 3.63) is 72.1 Å². The van der Waals surface area contributed by atoms with Crippen molar-refractivity contribution in [2.45, 2.75) is 40.2 Å². The van der Waals surface area contributed by atoms with Crippen molar-refractivity contribution in [3.8, 4) is 11.3 Å². The third kappa shape index (κ3) is 3.77. The fourth-order valence-electron chi connectivity index (χ4n) is 3.36. The van der Waals surface area contributed by atoms with E-state index in [1.165, 1.54) is 0 Å². The molecule has 0 fully saturated rings. The maximum absolute atomic E-state index is 4.92. The first-order valence-electron chi connectivity index (χ1n) is 9.53. The highest BCUT2D eigenvalue weighted by Crippen LogP contribution is 2.20. The summed E-state index contributed by atoms with van der Waals surface area (Å²) in [7, 11) is 0. The Bertz CT molecular complexity index is 1040. The largest absolute Gasteiger partial charge is 0.334 e. The molecule has 27 heavy (non-hydrogen) atoms. The molecule has 0 amide bonds. The Balaban J connectivity index is 1.59. The van der Waals surface area contributed by atoms with Crippen LogP contribution < -0.4 is 0 Å². The molecular weight excluding hydrogens is 334 g/mol. The van der Waals surface area contributed by atoms with Crippen molar-refractivity contribution >= 4 is 5.65 Å². The van der Waals surface area contributed by atoms with Gasteiger partial charge in [-0.25, -0.2) is 14.5 Å². The number of aromatic nitrogens is 5. The molecule has 0 atom stereocenters. The number of aryl methyl sites for hydroxylation is 3. The maximum Gasteiger partial charge on any atom is 0.155 e. The topological polar surface area (TPSA) is 48.0 Å². The summed E-state index contributed by atoms with van der Waals surface area (Å²) in [6.45, 7) is 7.48. The summed E-state index contributed by atoms with van der Waals surface area (Å²) in [5.74, 6) is 2.53. The SMILES string of the molecule is Cc1cccc2nc(CCc3nc(-c4ccccc4)cn3CC(C)C)nn12. The second-order valence-corrected chi connectivity index (χ2v) is 7.42. The molecule has 4 rings (SSSR count). The van der Waals surface area contributed by atoms with E-state index in [-0.39, 0.29) is 0 Å². The average molecular weight is 359 g/mol. The Hall–Kier alpha value is -2.95. The molecular formula is C22H25N5. The van der Waals surface area contributed by atoms with E-state index in [1.54, 1.807) is 0 Å². The third-order valence-electron chi connectivity index (χ3n) is 4.66. The molecule has 0 unspecified atom stereocenters. The zero-order chi connectivity index (χ0) is 18.8. The van der Waals surface area contributed by atoms with Crippen molar-refractivity contribution in [3.63, 3.8) is 0 Å². The predicted molar refractivity (Wildman–Crippen MR) is 108 cm³/mol. The molecule has 5 heteroatoms. The van der Waals surface area contributed by atoms with Crippen LogP contribution in [-0.4, -0.2) is 24.1 Å². The molecule has 0 radical (unpaired) electrons. The quantitative estimate of drug-likeness (QED) is 0.514. The van der Waals surface area contributed by atoms with Crippen LogP contribution in [-0.2, 0) is 19.4 Å². The van der Waals surface area contributed by atoms with E-state index in [0.717, 1.165) is 53.6 Å². The van der Waals surface area contributed by atoms with E-state index in [4.69, 9.17) is 4.98 Å². The van der Waals surface area contributed by atoms with E-state index >= 15 is 0 Å². The Labute approximate surface area is 159 Å². The first kappa shape index (κ1) is 17.5. The van der Waals surface area contributed by atoms with Gasteiger partial charge in [-0.05, 0) is 25.0 Å². The summed E-state index contributed by atoms with van der Waals surface area (Å²) in [4.78, 5) is 9.58. The number of hydrogen-bond donors (Lipinski definition) is 0. The highest BCUT2D eigenvalue weighted by atomic mass is 15.3. The second kappa shape index (κ2) is 7.35. The number of pyridine rings is 1. The van der Waals surface area contributed by atoms with Crippen LogP contribution in [0.4, 0.5) is 0 Å². The Morgan fingerprint density at radius 2 is 1.74 bits per heavy atom. The summed E-state index contributed by atoms with van der Waals surface area (Å²) < 4.78 is 4.19. The van der Waals surface area contributed by atoms with Crippen LogP contribution in [0.1, 0.15) is 31.2 Å². The van der Waals surface area contributed by atoms with Crippen molar-refractivity contribution in [2.75, 3.05) is 0 Å². The molecule has 3 aromatic heterocycles. The second-order valence-electron chi connectivity index (χ2n) is 7.42. The van der Waals surface area contributed by atoms with Crippen LogP contribution in [0.2, 0.25) is 0 Å². The number of imidazole rings is 1. The Morgan fingerprint density at radius 1 is 0.926 bits per heavy atom. The highest BCUT2D eigenvalue weighted by molar-refractivity contribution is 5.58. The van der Waals surface area contributed by atoms with Crippen LogP contribution in [0.15, 0.2) is 54.7 Å². The van der Waals surface area contributed by atoms with Gasteiger partial charge in [-0.15, -0.1) is 0 Å². The van der Waals surface area contributed by atoms with Crippen molar-refractivity contribution < 1.29 is 0 Å². The van der Waals surface area contributed by atoms with Crippen molar-refractivity contribution in [1.82, 2.24) is 24.1 Å². The number of fused-ring (bicyclic) bond motifs is 1. The van der Waals surface area contributed by atoms with E-state index in [0.29, 0.717) is 5.92 Å². The molecule has 1 aromatic carbocycles. The number of rotatable bonds is 6. The van der Waals surface area contributed by atoms with Gasteiger partial charge < -0.3 is 4.57 Å². The van der Waals surface area contributed by atoms with Gasteiger partial charge in [0.15, 0.2) is 11.5 Å².